The molecule has 1 N–H and O–H groups in total. The standard InChI is InChI=1S/C28H36O5Si/c1-34(2,3)20-19-32-28(31)21-25-14-10-23(11-15-25)8-9-24-12-16-26(17-13-24)22-33-27(30)7-5-4-6-18-29/h10-17,29H,4-7,18-22H2,1-3H3. The van der Waals surface area contributed by atoms with Crippen LogP contribution < -0.4 is 0 Å². The van der Waals surface area contributed by atoms with E-state index in [-0.39, 0.29) is 31.6 Å². The number of benzene rings is 2. The van der Waals surface area contributed by atoms with Crippen molar-refractivity contribution < 1.29 is 24.2 Å². The molecule has 0 unspecified atom stereocenters. The molecule has 2 aromatic rings. The van der Waals surface area contributed by atoms with Crippen molar-refractivity contribution in [3.63, 3.8) is 0 Å². The zero-order valence-electron chi connectivity index (χ0n) is 20.6. The van der Waals surface area contributed by atoms with Crippen LogP contribution in [0.2, 0.25) is 25.7 Å². The SMILES string of the molecule is C[Si](C)(C)CCOC(=O)Cc1ccc(C#Cc2ccc(COC(=O)CCCCCO)cc2)cc1. The van der Waals surface area contributed by atoms with E-state index >= 15 is 0 Å². The van der Waals surface area contributed by atoms with Crippen molar-refractivity contribution in [2.45, 2.75) is 64.4 Å². The van der Waals surface area contributed by atoms with Gasteiger partial charge >= 0.3 is 11.9 Å². The minimum Gasteiger partial charge on any atom is -0.466 e. The van der Waals surface area contributed by atoms with Gasteiger partial charge in [-0.05, 0) is 54.3 Å². The van der Waals surface area contributed by atoms with Crippen LogP contribution >= 0.6 is 0 Å². The molecule has 182 valence electrons. The Bertz CT molecular complexity index is 963. The summed E-state index contributed by atoms with van der Waals surface area (Å²) in [6.07, 6.45) is 2.93. The average Bonchev–Trinajstić information content (AvgIpc) is 2.80. The van der Waals surface area contributed by atoms with Gasteiger partial charge in [-0.2, -0.15) is 0 Å². The summed E-state index contributed by atoms with van der Waals surface area (Å²) in [4.78, 5) is 23.7. The summed E-state index contributed by atoms with van der Waals surface area (Å²) in [5.74, 6) is 5.85. The molecule has 5 nitrogen and oxygen atoms in total. The van der Waals surface area contributed by atoms with Crippen LogP contribution in [0.25, 0.3) is 0 Å². The first kappa shape index (κ1) is 27.4. The number of rotatable bonds is 12. The van der Waals surface area contributed by atoms with Crippen molar-refractivity contribution >= 4 is 20.0 Å². The molecular formula is C28H36O5Si. The summed E-state index contributed by atoms with van der Waals surface area (Å²) in [5, 5.41) is 8.75. The van der Waals surface area contributed by atoms with E-state index in [1.165, 1.54) is 0 Å². The molecule has 0 radical (unpaired) electrons. The Balaban J connectivity index is 1.77. The van der Waals surface area contributed by atoms with E-state index in [1.54, 1.807) is 0 Å². The number of unbranched alkanes of at least 4 members (excludes halogenated alkanes) is 2. The summed E-state index contributed by atoms with van der Waals surface area (Å²) >= 11 is 0. The zero-order chi connectivity index (χ0) is 24.8. The lowest BCUT2D eigenvalue weighted by Crippen LogP contribution is -2.23. The lowest BCUT2D eigenvalue weighted by molar-refractivity contribution is -0.145. The first-order valence-corrected chi connectivity index (χ1v) is 15.6. The lowest BCUT2D eigenvalue weighted by atomic mass is 10.1. The minimum absolute atomic E-state index is 0.158. The Kier molecular flexibility index (Phi) is 11.6. The maximum absolute atomic E-state index is 12.0. The largest absolute Gasteiger partial charge is 0.466 e. The average molecular weight is 481 g/mol. The molecule has 2 aromatic carbocycles. The molecule has 6 heteroatoms. The van der Waals surface area contributed by atoms with Crippen molar-refractivity contribution in [3.8, 4) is 11.8 Å². The second-order valence-corrected chi connectivity index (χ2v) is 15.2. The molecule has 0 aliphatic rings. The number of ether oxygens (including phenoxy) is 2. The van der Waals surface area contributed by atoms with Crippen molar-refractivity contribution in [1.82, 2.24) is 0 Å². The van der Waals surface area contributed by atoms with Gasteiger partial charge in [0.25, 0.3) is 0 Å². The quantitative estimate of drug-likeness (QED) is 0.198. The second-order valence-electron chi connectivity index (χ2n) is 9.55. The maximum atomic E-state index is 12.0. The Hall–Kier alpha value is -2.88. The van der Waals surface area contributed by atoms with Gasteiger partial charge in [0.2, 0.25) is 0 Å². The Morgan fingerprint density at radius 2 is 1.38 bits per heavy atom. The van der Waals surface area contributed by atoms with Crippen LogP contribution in [0.1, 0.15) is 47.9 Å². The highest BCUT2D eigenvalue weighted by Gasteiger charge is 2.14. The van der Waals surface area contributed by atoms with E-state index < -0.39 is 8.07 Å². The molecule has 0 spiro atoms. The summed E-state index contributed by atoms with van der Waals surface area (Å²) in [6.45, 7) is 7.69. The van der Waals surface area contributed by atoms with Crippen LogP contribution in [0.5, 0.6) is 0 Å². The van der Waals surface area contributed by atoms with Crippen LogP contribution in [0.4, 0.5) is 0 Å². The van der Waals surface area contributed by atoms with Gasteiger partial charge in [0.05, 0.1) is 13.0 Å². The third-order valence-electron chi connectivity index (χ3n) is 5.16. The van der Waals surface area contributed by atoms with Crippen molar-refractivity contribution in [2.24, 2.45) is 0 Å². The van der Waals surface area contributed by atoms with Gasteiger partial charge in [0.1, 0.15) is 6.61 Å². The van der Waals surface area contributed by atoms with Crippen molar-refractivity contribution in [2.75, 3.05) is 13.2 Å². The van der Waals surface area contributed by atoms with Gasteiger partial charge in [-0.1, -0.05) is 62.2 Å². The number of aliphatic hydroxyl groups is 1. The van der Waals surface area contributed by atoms with Crippen LogP contribution in [0.15, 0.2) is 48.5 Å². The monoisotopic (exact) mass is 480 g/mol. The third kappa shape index (κ3) is 11.8. The number of hydrogen-bond donors (Lipinski definition) is 1. The molecule has 0 fully saturated rings. The fraction of sp³-hybridized carbons (Fsp3) is 0.429. The van der Waals surface area contributed by atoms with Gasteiger partial charge in [0.15, 0.2) is 0 Å². The molecule has 0 aliphatic carbocycles. The van der Waals surface area contributed by atoms with Gasteiger partial charge < -0.3 is 14.6 Å². The smallest absolute Gasteiger partial charge is 0.310 e. The molecule has 0 saturated carbocycles. The molecular weight excluding hydrogens is 444 g/mol. The Labute approximate surface area is 204 Å². The van der Waals surface area contributed by atoms with Gasteiger partial charge in [0, 0.05) is 32.2 Å². The van der Waals surface area contributed by atoms with E-state index in [9.17, 15) is 9.59 Å². The Morgan fingerprint density at radius 1 is 0.794 bits per heavy atom. The van der Waals surface area contributed by atoms with Crippen LogP contribution in [-0.4, -0.2) is 38.3 Å². The Morgan fingerprint density at radius 3 is 1.94 bits per heavy atom. The lowest BCUT2D eigenvalue weighted by Gasteiger charge is -2.15. The summed E-state index contributed by atoms with van der Waals surface area (Å²) in [7, 11) is -1.20. The summed E-state index contributed by atoms with van der Waals surface area (Å²) < 4.78 is 10.6. The normalized spacial score (nSPS) is 10.8. The third-order valence-corrected chi connectivity index (χ3v) is 6.87. The molecule has 0 amide bonds. The maximum Gasteiger partial charge on any atom is 0.310 e. The zero-order valence-corrected chi connectivity index (χ0v) is 21.6. The van der Waals surface area contributed by atoms with E-state index in [0.29, 0.717) is 19.4 Å². The van der Waals surface area contributed by atoms with Crippen LogP contribution in [0.3, 0.4) is 0 Å². The second kappa shape index (κ2) is 14.4. The van der Waals surface area contributed by atoms with Gasteiger partial charge in [-0.15, -0.1) is 0 Å². The molecule has 0 aromatic heterocycles. The molecule has 0 atom stereocenters. The van der Waals surface area contributed by atoms with Gasteiger partial charge in [-0.3, -0.25) is 9.59 Å². The highest BCUT2D eigenvalue weighted by Crippen LogP contribution is 2.10. The molecule has 2 rings (SSSR count). The van der Waals surface area contributed by atoms with E-state index in [0.717, 1.165) is 41.1 Å². The van der Waals surface area contributed by atoms with Crippen LogP contribution in [0, 0.1) is 11.8 Å². The predicted octanol–water partition coefficient (Wildman–Crippen LogP) is 5.11. The topological polar surface area (TPSA) is 72.8 Å². The molecule has 34 heavy (non-hydrogen) atoms. The number of aliphatic hydroxyl groups excluding tert-OH is 1. The fourth-order valence-electron chi connectivity index (χ4n) is 3.02. The number of esters is 2. The minimum atomic E-state index is -1.20. The molecule has 0 bridgehead atoms. The number of hydrogen-bond acceptors (Lipinski definition) is 5. The van der Waals surface area contributed by atoms with Crippen LogP contribution in [-0.2, 0) is 32.1 Å². The van der Waals surface area contributed by atoms with E-state index in [4.69, 9.17) is 14.6 Å². The predicted molar refractivity (Wildman–Crippen MR) is 137 cm³/mol. The highest BCUT2D eigenvalue weighted by atomic mass is 28.3. The first-order valence-electron chi connectivity index (χ1n) is 11.9. The highest BCUT2D eigenvalue weighted by molar-refractivity contribution is 6.76. The summed E-state index contributed by atoms with van der Waals surface area (Å²) in [5.41, 5.74) is 3.57. The number of carbonyl (C=O) groups excluding carboxylic acids is 2. The van der Waals surface area contributed by atoms with E-state index in [2.05, 4.69) is 31.5 Å². The first-order chi connectivity index (χ1) is 16.2. The van der Waals surface area contributed by atoms with E-state index in [1.807, 2.05) is 48.5 Å². The van der Waals surface area contributed by atoms with Crippen molar-refractivity contribution in [3.05, 3.63) is 70.8 Å². The number of carbonyl (C=O) groups is 2. The van der Waals surface area contributed by atoms with Gasteiger partial charge in [-0.25, -0.2) is 0 Å². The molecule has 0 heterocycles. The molecule has 0 saturated heterocycles. The van der Waals surface area contributed by atoms with Crippen molar-refractivity contribution in [1.29, 1.82) is 0 Å². The summed E-state index contributed by atoms with van der Waals surface area (Å²) in [6, 6.07) is 16.2. The molecule has 0 aliphatic heterocycles. The fourth-order valence-corrected chi connectivity index (χ4v) is 3.73.